The van der Waals surface area contributed by atoms with E-state index in [4.69, 9.17) is 16.3 Å². The number of aliphatic hydroxyl groups excluding tert-OH is 1. The molecule has 1 aromatic carbocycles. The topological polar surface area (TPSA) is 29.5 Å². The van der Waals surface area contributed by atoms with Crippen LogP contribution in [0.3, 0.4) is 0 Å². The van der Waals surface area contributed by atoms with Crippen molar-refractivity contribution in [3.8, 4) is 0 Å². The molecule has 2 unspecified atom stereocenters. The zero-order valence-electron chi connectivity index (χ0n) is 14.8. The highest BCUT2D eigenvalue weighted by molar-refractivity contribution is 6.19. The molecule has 0 amide bonds. The third-order valence-electron chi connectivity index (χ3n) is 4.76. The van der Waals surface area contributed by atoms with Gasteiger partial charge in [-0.1, -0.05) is 87.7 Å². The molecule has 2 rings (SSSR count). The van der Waals surface area contributed by atoms with Crippen LogP contribution in [0.1, 0.15) is 69.4 Å². The van der Waals surface area contributed by atoms with E-state index in [1.165, 1.54) is 56.1 Å². The SMILES string of the molecule is CCCCCCCCCCOC1=Cc2ccccc2CC1C(O)Cl. The van der Waals surface area contributed by atoms with Crippen molar-refractivity contribution in [2.45, 2.75) is 70.3 Å². The minimum Gasteiger partial charge on any atom is -0.497 e. The first-order valence-corrected chi connectivity index (χ1v) is 9.90. The maximum atomic E-state index is 9.86. The number of hydrogen-bond donors (Lipinski definition) is 1. The first kappa shape index (κ1) is 19.3. The molecule has 0 saturated carbocycles. The molecular weight excluding hydrogens is 320 g/mol. The molecule has 0 bridgehead atoms. The minimum atomic E-state index is -0.900. The molecule has 0 aromatic heterocycles. The number of rotatable bonds is 11. The molecular formula is C21H31ClO2. The predicted molar refractivity (Wildman–Crippen MR) is 102 cm³/mol. The van der Waals surface area contributed by atoms with E-state index >= 15 is 0 Å². The quantitative estimate of drug-likeness (QED) is 0.397. The van der Waals surface area contributed by atoms with Gasteiger partial charge in [-0.25, -0.2) is 0 Å². The van der Waals surface area contributed by atoms with Gasteiger partial charge in [0.1, 0.15) is 11.3 Å². The zero-order valence-corrected chi connectivity index (χ0v) is 15.6. The van der Waals surface area contributed by atoms with Gasteiger partial charge in [0.05, 0.1) is 12.5 Å². The maximum absolute atomic E-state index is 9.86. The fourth-order valence-electron chi connectivity index (χ4n) is 3.27. The van der Waals surface area contributed by atoms with Gasteiger partial charge in [-0.2, -0.15) is 0 Å². The van der Waals surface area contributed by atoms with Gasteiger partial charge in [-0.3, -0.25) is 0 Å². The van der Waals surface area contributed by atoms with E-state index in [-0.39, 0.29) is 5.92 Å². The third kappa shape index (κ3) is 6.14. The van der Waals surface area contributed by atoms with Crippen LogP contribution in [0.15, 0.2) is 30.0 Å². The summed E-state index contributed by atoms with van der Waals surface area (Å²) < 4.78 is 5.98. The summed E-state index contributed by atoms with van der Waals surface area (Å²) in [6, 6.07) is 8.24. The van der Waals surface area contributed by atoms with Crippen LogP contribution in [-0.4, -0.2) is 17.3 Å². The highest BCUT2D eigenvalue weighted by atomic mass is 35.5. The van der Waals surface area contributed by atoms with E-state index in [0.717, 1.165) is 18.6 Å². The second-order valence-electron chi connectivity index (χ2n) is 6.75. The highest BCUT2D eigenvalue weighted by Gasteiger charge is 2.27. The molecule has 1 aromatic rings. The van der Waals surface area contributed by atoms with Gasteiger partial charge in [0.15, 0.2) is 0 Å². The van der Waals surface area contributed by atoms with Crippen molar-refractivity contribution in [3.63, 3.8) is 0 Å². The van der Waals surface area contributed by atoms with Crippen LogP contribution in [0.5, 0.6) is 0 Å². The molecule has 0 radical (unpaired) electrons. The summed E-state index contributed by atoms with van der Waals surface area (Å²) in [5.74, 6) is 0.690. The number of ether oxygens (including phenoxy) is 1. The van der Waals surface area contributed by atoms with E-state index in [0.29, 0.717) is 6.61 Å². The average molecular weight is 351 g/mol. The summed E-state index contributed by atoms with van der Waals surface area (Å²) in [5, 5.41) is 9.86. The lowest BCUT2D eigenvalue weighted by molar-refractivity contribution is 0.120. The lowest BCUT2D eigenvalue weighted by Crippen LogP contribution is -2.24. The highest BCUT2D eigenvalue weighted by Crippen LogP contribution is 2.32. The molecule has 1 aliphatic rings. The number of alkyl halides is 1. The van der Waals surface area contributed by atoms with Crippen LogP contribution in [0, 0.1) is 5.92 Å². The van der Waals surface area contributed by atoms with Crippen molar-refractivity contribution in [1.82, 2.24) is 0 Å². The van der Waals surface area contributed by atoms with E-state index in [1.807, 2.05) is 18.2 Å². The van der Waals surface area contributed by atoms with Crippen LogP contribution in [0.4, 0.5) is 0 Å². The Bertz CT molecular complexity index is 510. The smallest absolute Gasteiger partial charge is 0.138 e. The molecule has 2 nitrogen and oxygen atoms in total. The van der Waals surface area contributed by atoms with Crippen LogP contribution in [0.2, 0.25) is 0 Å². The Morgan fingerprint density at radius 2 is 1.75 bits per heavy atom. The van der Waals surface area contributed by atoms with Crippen molar-refractivity contribution in [1.29, 1.82) is 0 Å². The number of unbranched alkanes of at least 4 members (excludes halogenated alkanes) is 7. The van der Waals surface area contributed by atoms with Crippen LogP contribution >= 0.6 is 11.6 Å². The normalized spacial score (nSPS) is 18.0. The second-order valence-corrected chi connectivity index (χ2v) is 7.20. The largest absolute Gasteiger partial charge is 0.497 e. The summed E-state index contributed by atoms with van der Waals surface area (Å²) in [6.07, 6.45) is 13.1. The van der Waals surface area contributed by atoms with Gasteiger partial charge in [0.25, 0.3) is 0 Å². The summed E-state index contributed by atoms with van der Waals surface area (Å²) in [6.45, 7) is 2.96. The fraction of sp³-hybridized carbons (Fsp3) is 0.619. The number of hydrogen-bond acceptors (Lipinski definition) is 2. The fourth-order valence-corrected chi connectivity index (χ4v) is 3.48. The number of benzene rings is 1. The van der Waals surface area contributed by atoms with Gasteiger partial charge >= 0.3 is 0 Å². The Labute approximate surface area is 151 Å². The summed E-state index contributed by atoms with van der Waals surface area (Å²) >= 11 is 5.98. The number of fused-ring (bicyclic) bond motifs is 1. The van der Waals surface area contributed by atoms with Gasteiger partial charge < -0.3 is 9.84 Å². The Kier molecular flexibility index (Phi) is 8.69. The van der Waals surface area contributed by atoms with Crippen LogP contribution in [-0.2, 0) is 11.2 Å². The lowest BCUT2D eigenvalue weighted by Gasteiger charge is -2.27. The maximum Gasteiger partial charge on any atom is 0.138 e. The van der Waals surface area contributed by atoms with E-state index in [2.05, 4.69) is 19.1 Å². The monoisotopic (exact) mass is 350 g/mol. The van der Waals surface area contributed by atoms with Crippen molar-refractivity contribution in [2.24, 2.45) is 5.92 Å². The first-order chi connectivity index (χ1) is 11.7. The van der Waals surface area contributed by atoms with Gasteiger partial charge in [-0.05, 0) is 30.0 Å². The summed E-state index contributed by atoms with van der Waals surface area (Å²) in [7, 11) is 0. The number of halogens is 1. The molecule has 2 atom stereocenters. The van der Waals surface area contributed by atoms with Gasteiger partial charge in [0, 0.05) is 0 Å². The molecule has 0 spiro atoms. The van der Waals surface area contributed by atoms with Crippen molar-refractivity contribution >= 4 is 17.7 Å². The second kappa shape index (κ2) is 10.8. The molecule has 24 heavy (non-hydrogen) atoms. The van der Waals surface area contributed by atoms with Gasteiger partial charge in [0.2, 0.25) is 0 Å². The molecule has 0 aliphatic heterocycles. The number of aliphatic hydroxyl groups is 1. The summed E-state index contributed by atoms with van der Waals surface area (Å²) in [5.41, 5.74) is 1.50. The van der Waals surface area contributed by atoms with Crippen LogP contribution in [0.25, 0.3) is 6.08 Å². The Morgan fingerprint density at radius 1 is 1.08 bits per heavy atom. The molecule has 0 saturated heterocycles. The van der Waals surface area contributed by atoms with E-state index in [9.17, 15) is 5.11 Å². The lowest BCUT2D eigenvalue weighted by atomic mass is 9.88. The Balaban J connectivity index is 1.73. The van der Waals surface area contributed by atoms with E-state index in [1.54, 1.807) is 0 Å². The van der Waals surface area contributed by atoms with Gasteiger partial charge in [-0.15, -0.1) is 0 Å². The van der Waals surface area contributed by atoms with Crippen molar-refractivity contribution in [3.05, 3.63) is 41.2 Å². The molecule has 3 heteroatoms. The predicted octanol–water partition coefficient (Wildman–Crippen LogP) is 5.91. The summed E-state index contributed by atoms with van der Waals surface area (Å²) in [4.78, 5) is 0. The average Bonchev–Trinajstić information content (AvgIpc) is 2.59. The molecule has 0 fully saturated rings. The first-order valence-electron chi connectivity index (χ1n) is 9.46. The van der Waals surface area contributed by atoms with E-state index < -0.39 is 5.56 Å². The molecule has 134 valence electrons. The molecule has 1 aliphatic carbocycles. The van der Waals surface area contributed by atoms with Crippen LogP contribution < -0.4 is 0 Å². The van der Waals surface area contributed by atoms with Crippen molar-refractivity contribution in [2.75, 3.05) is 6.61 Å². The third-order valence-corrected chi connectivity index (χ3v) is 5.06. The minimum absolute atomic E-state index is 0.143. The Hall–Kier alpha value is -0.990. The van der Waals surface area contributed by atoms with Crippen molar-refractivity contribution < 1.29 is 9.84 Å². The molecule has 0 heterocycles. The molecule has 1 N–H and O–H groups in total. The zero-order chi connectivity index (χ0) is 17.2. The standard InChI is InChI=1S/C21H31ClO2/c1-2-3-4-5-6-7-8-11-14-24-20-16-18-13-10-9-12-17(18)15-19(20)21(22)23/h9-10,12-13,16,19,21,23H,2-8,11,14-15H2,1H3. The Morgan fingerprint density at radius 3 is 2.46 bits per heavy atom.